The number of amides is 1. The molecule has 7 nitrogen and oxygen atoms in total. The van der Waals surface area contributed by atoms with Crippen LogP contribution in [0.2, 0.25) is 0 Å². The van der Waals surface area contributed by atoms with Gasteiger partial charge in [-0.15, -0.1) is 0 Å². The van der Waals surface area contributed by atoms with Crippen molar-refractivity contribution in [2.45, 2.75) is 132 Å². The first-order valence-electron chi connectivity index (χ1n) is 22.3. The third-order valence-electron chi connectivity index (χ3n) is 17.9. The van der Waals surface area contributed by atoms with E-state index >= 15 is 0 Å². The fourth-order valence-electron chi connectivity index (χ4n) is 14.1. The number of nitrogens with zero attached hydrogens (tertiary/aromatic N) is 2. The minimum atomic E-state index is -0.275. The Morgan fingerprint density at radius 3 is 2.17 bits per heavy atom. The Morgan fingerprint density at radius 1 is 0.815 bits per heavy atom. The molecule has 4 N–H and O–H groups in total. The summed E-state index contributed by atoms with van der Waals surface area (Å²) < 4.78 is 0. The zero-order valence-corrected chi connectivity index (χ0v) is 35.2. The first-order valence-corrected chi connectivity index (χ1v) is 22.3. The highest BCUT2D eigenvalue weighted by Gasteiger charge is 2.69. The second-order valence-electron chi connectivity index (χ2n) is 20.7. The summed E-state index contributed by atoms with van der Waals surface area (Å²) in [6.07, 6.45) is 14.7. The van der Waals surface area contributed by atoms with Crippen LogP contribution < -0.4 is 10.6 Å². The Hall–Kier alpha value is -1.93. The fourth-order valence-corrected chi connectivity index (χ4v) is 14.1. The maximum absolute atomic E-state index is 14.6. The van der Waals surface area contributed by atoms with E-state index in [-0.39, 0.29) is 33.2 Å². The van der Waals surface area contributed by atoms with Crippen molar-refractivity contribution in [2.75, 3.05) is 52.4 Å². The molecular formula is C47H76N4O3. The fraction of sp³-hybridized carbons (Fsp3) is 0.809. The van der Waals surface area contributed by atoms with Gasteiger partial charge in [-0.2, -0.15) is 0 Å². The summed E-state index contributed by atoms with van der Waals surface area (Å²) in [5.74, 6) is 3.35. The maximum atomic E-state index is 14.6. The van der Waals surface area contributed by atoms with Crippen molar-refractivity contribution < 1.29 is 15.0 Å². The molecule has 5 fully saturated rings. The molecule has 1 aromatic rings. The van der Waals surface area contributed by atoms with Crippen molar-refractivity contribution in [3.8, 4) is 5.75 Å². The molecule has 0 unspecified atom stereocenters. The quantitative estimate of drug-likeness (QED) is 0.136. The Balaban J connectivity index is 0.929. The number of phenolic OH excluding ortho intramolecular Hbond substituents is 1. The van der Waals surface area contributed by atoms with Crippen molar-refractivity contribution in [3.05, 3.63) is 41.5 Å². The molecule has 0 bridgehead atoms. The van der Waals surface area contributed by atoms with Gasteiger partial charge < -0.3 is 30.6 Å². The van der Waals surface area contributed by atoms with E-state index in [1.54, 1.807) is 17.7 Å². The van der Waals surface area contributed by atoms with Gasteiger partial charge in [0.15, 0.2) is 0 Å². The molecule has 5 aliphatic carbocycles. The molecule has 1 saturated heterocycles. The third kappa shape index (κ3) is 6.91. The van der Waals surface area contributed by atoms with Crippen molar-refractivity contribution in [3.63, 3.8) is 0 Å². The monoisotopic (exact) mass is 745 g/mol. The minimum Gasteiger partial charge on any atom is -0.508 e. The topological polar surface area (TPSA) is 88.1 Å². The van der Waals surface area contributed by atoms with Gasteiger partial charge in [0.05, 0.1) is 11.5 Å². The number of fused-ring (bicyclic) bond motifs is 7. The number of aliphatic hydroxyl groups is 1. The number of phenols is 1. The van der Waals surface area contributed by atoms with E-state index in [4.69, 9.17) is 0 Å². The number of hydrogen-bond acceptors (Lipinski definition) is 6. The molecular weight excluding hydrogens is 669 g/mol. The standard InChI is InChI=1S/C47H76N4O3/c1-33-16-21-47(42(54)49-25-9-27-51-30-28-50(29-31-51)26-8-24-48-32-35-10-12-36(52)13-11-35)23-22-45(6)37(41(47)34(33)2)14-15-39-44(5)19-18-40(53)43(3,4)38(44)17-20-46(39,45)7/h10-14,33-34,38-41,48,52-53H,8-9,15-32H2,1-7H3,(H,49,54)/t33-,34+,38+,39-,40+,41+,44+,45-,46-,47+/m1/s1. The highest BCUT2D eigenvalue weighted by Crippen LogP contribution is 2.75. The second-order valence-corrected chi connectivity index (χ2v) is 20.7. The van der Waals surface area contributed by atoms with Gasteiger partial charge >= 0.3 is 0 Å². The van der Waals surface area contributed by atoms with E-state index < -0.39 is 0 Å². The van der Waals surface area contributed by atoms with Crippen molar-refractivity contribution in [1.82, 2.24) is 20.4 Å². The summed E-state index contributed by atoms with van der Waals surface area (Å²) >= 11 is 0. The minimum absolute atomic E-state index is 0.0320. The van der Waals surface area contributed by atoms with Crippen LogP contribution >= 0.6 is 0 Å². The van der Waals surface area contributed by atoms with Crippen LogP contribution in [-0.4, -0.2) is 84.4 Å². The predicted octanol–water partition coefficient (Wildman–Crippen LogP) is 8.01. The average Bonchev–Trinajstić information content (AvgIpc) is 3.14. The number of hydrogen-bond donors (Lipinski definition) is 4. The van der Waals surface area contributed by atoms with E-state index in [9.17, 15) is 15.0 Å². The van der Waals surface area contributed by atoms with Crippen molar-refractivity contribution in [2.24, 2.45) is 56.7 Å². The van der Waals surface area contributed by atoms with Crippen molar-refractivity contribution in [1.29, 1.82) is 0 Å². The summed E-state index contributed by atoms with van der Waals surface area (Å²) in [5, 5.41) is 27.7. The molecule has 54 heavy (non-hydrogen) atoms. The lowest BCUT2D eigenvalue weighted by Crippen LogP contribution is -2.66. The maximum Gasteiger partial charge on any atom is 0.226 e. The van der Waals surface area contributed by atoms with E-state index in [0.29, 0.717) is 41.2 Å². The average molecular weight is 745 g/mol. The van der Waals surface area contributed by atoms with E-state index in [1.165, 1.54) is 18.4 Å². The summed E-state index contributed by atoms with van der Waals surface area (Å²) in [6.45, 7) is 26.8. The Labute approximate surface area is 328 Å². The molecule has 0 radical (unpaired) electrons. The molecule has 1 aromatic carbocycles. The number of nitrogens with one attached hydrogen (secondary N) is 2. The number of aromatic hydroxyl groups is 1. The smallest absolute Gasteiger partial charge is 0.226 e. The lowest BCUT2D eigenvalue weighted by Gasteiger charge is -2.71. The first-order chi connectivity index (χ1) is 25.7. The largest absolute Gasteiger partial charge is 0.508 e. The highest BCUT2D eigenvalue weighted by atomic mass is 16.3. The van der Waals surface area contributed by atoms with E-state index in [1.807, 2.05) is 12.1 Å². The Kier molecular flexibility index (Phi) is 11.5. The Morgan fingerprint density at radius 2 is 1.48 bits per heavy atom. The van der Waals surface area contributed by atoms with Gasteiger partial charge in [-0.3, -0.25) is 4.79 Å². The summed E-state index contributed by atoms with van der Waals surface area (Å²) in [5.41, 5.74) is 3.14. The van der Waals surface area contributed by atoms with Crippen LogP contribution in [0.15, 0.2) is 35.9 Å². The van der Waals surface area contributed by atoms with Gasteiger partial charge in [0.1, 0.15) is 5.75 Å². The number of piperazine rings is 1. The lowest BCUT2D eigenvalue weighted by atomic mass is 9.33. The molecule has 7 rings (SSSR count). The second kappa shape index (κ2) is 15.4. The van der Waals surface area contributed by atoms with Crippen LogP contribution in [0.1, 0.15) is 125 Å². The SMILES string of the molecule is C[C@H]1[C@H](C)CC[C@]2(C(=O)NCCCN3CCN(CCCNCc4ccc(O)cc4)CC3)CC[C@]3(C)C(=CC[C@@H]4[C@@]5(C)CC[C@H](O)C(C)(C)[C@@H]5CC[C@]43C)[C@H]12. The zero-order chi connectivity index (χ0) is 38.5. The molecule has 1 heterocycles. The summed E-state index contributed by atoms with van der Waals surface area (Å²) in [6, 6.07) is 7.45. The number of aliphatic hydroxyl groups excluding tert-OH is 1. The molecule has 7 heteroatoms. The summed E-state index contributed by atoms with van der Waals surface area (Å²) in [4.78, 5) is 19.8. The highest BCUT2D eigenvalue weighted by molar-refractivity contribution is 5.84. The van der Waals surface area contributed by atoms with Crippen LogP contribution in [0.3, 0.4) is 0 Å². The first kappa shape index (κ1) is 40.3. The van der Waals surface area contributed by atoms with Gasteiger partial charge in [0.2, 0.25) is 5.91 Å². The molecule has 1 aliphatic heterocycles. The molecule has 4 saturated carbocycles. The number of carbonyl (C=O) groups is 1. The predicted molar refractivity (Wildman–Crippen MR) is 220 cm³/mol. The molecule has 6 aliphatic rings. The Bertz CT molecular complexity index is 1500. The zero-order valence-electron chi connectivity index (χ0n) is 35.2. The van der Waals surface area contributed by atoms with Gasteiger partial charge in [-0.1, -0.05) is 72.2 Å². The molecule has 0 aromatic heterocycles. The van der Waals surface area contributed by atoms with E-state index in [0.717, 1.165) is 117 Å². The van der Waals surface area contributed by atoms with Crippen molar-refractivity contribution >= 4 is 5.91 Å². The van der Waals surface area contributed by atoms with Gasteiger partial charge in [-0.05, 0) is 159 Å². The molecule has 302 valence electrons. The lowest BCUT2D eigenvalue weighted by molar-refractivity contribution is -0.204. The van der Waals surface area contributed by atoms with E-state index in [2.05, 4.69) is 75.0 Å². The van der Waals surface area contributed by atoms with Crippen LogP contribution in [0.4, 0.5) is 0 Å². The van der Waals surface area contributed by atoms with Crippen LogP contribution in [0.25, 0.3) is 0 Å². The number of rotatable bonds is 11. The third-order valence-corrected chi connectivity index (χ3v) is 17.9. The molecule has 1 amide bonds. The van der Waals surface area contributed by atoms with Gasteiger partial charge in [0, 0.05) is 39.3 Å². The van der Waals surface area contributed by atoms with Gasteiger partial charge in [0.25, 0.3) is 0 Å². The molecule has 0 spiro atoms. The van der Waals surface area contributed by atoms with Crippen LogP contribution in [-0.2, 0) is 11.3 Å². The summed E-state index contributed by atoms with van der Waals surface area (Å²) in [7, 11) is 0. The number of allylic oxidation sites excluding steroid dienone is 2. The van der Waals surface area contributed by atoms with Gasteiger partial charge in [-0.25, -0.2) is 0 Å². The number of carbonyl (C=O) groups excluding carboxylic acids is 1. The molecule has 10 atom stereocenters. The van der Waals surface area contributed by atoms with Crippen LogP contribution in [0.5, 0.6) is 5.75 Å². The number of benzene rings is 1. The normalized spacial score (nSPS) is 40.8. The van der Waals surface area contributed by atoms with Crippen LogP contribution in [0, 0.1) is 56.7 Å².